The first kappa shape index (κ1) is 27.0. The molecule has 1 fully saturated rings. The van der Waals surface area contributed by atoms with Gasteiger partial charge in [-0.2, -0.15) is 0 Å². The van der Waals surface area contributed by atoms with Crippen LogP contribution in [-0.2, 0) is 9.59 Å². The van der Waals surface area contributed by atoms with Gasteiger partial charge >= 0.3 is 0 Å². The van der Waals surface area contributed by atoms with Crippen LogP contribution in [0.3, 0.4) is 0 Å². The maximum atomic E-state index is 13.9. The molecule has 1 amide bonds. The summed E-state index contributed by atoms with van der Waals surface area (Å²) in [7, 11) is 1.66. The van der Waals surface area contributed by atoms with Crippen LogP contribution < -0.4 is 19.9 Å². The molecule has 2 aliphatic heterocycles. The zero-order valence-electron chi connectivity index (χ0n) is 24.3. The lowest BCUT2D eigenvalue weighted by Gasteiger charge is -2.39. The molecule has 0 saturated carbocycles. The molecule has 0 radical (unpaired) electrons. The van der Waals surface area contributed by atoms with E-state index in [1.54, 1.807) is 7.11 Å². The van der Waals surface area contributed by atoms with Crippen LogP contribution in [0.4, 0.5) is 17.1 Å². The largest absolute Gasteiger partial charge is 0.497 e. The number of ketones is 1. The number of allylic oxidation sites excluding steroid dienone is 1. The predicted molar refractivity (Wildman–Crippen MR) is 160 cm³/mol. The summed E-state index contributed by atoms with van der Waals surface area (Å²) < 4.78 is 11.5. The number of nitrogens with one attached hydrogen (secondary N) is 1. The third kappa shape index (κ3) is 5.31. The minimum Gasteiger partial charge on any atom is -0.497 e. The number of Topliss-reactive ketones (excluding diaryl/α,β-unsaturated/α-hetero) is 1. The molecule has 1 aromatic heterocycles. The van der Waals surface area contributed by atoms with Gasteiger partial charge in [0.15, 0.2) is 5.78 Å². The maximum absolute atomic E-state index is 13.9. The number of carbonyl (C=O) groups excluding carboxylic acids is 2. The number of nitrogens with zero attached hydrogens (tertiary/aromatic N) is 3. The van der Waals surface area contributed by atoms with Crippen molar-refractivity contribution < 1.29 is 18.7 Å². The molecule has 41 heavy (non-hydrogen) atoms. The van der Waals surface area contributed by atoms with Crippen LogP contribution in [0, 0.1) is 12.3 Å². The molecular weight excluding hydrogens is 516 g/mol. The number of carbonyl (C=O) groups is 2. The number of benzene rings is 2. The van der Waals surface area contributed by atoms with Crippen LogP contribution in [0.5, 0.6) is 5.75 Å². The Morgan fingerprint density at radius 2 is 1.73 bits per heavy atom. The van der Waals surface area contributed by atoms with Gasteiger partial charge in [-0.15, -0.1) is 0 Å². The average Bonchev–Trinajstić information content (AvgIpc) is 3.34. The number of fused-ring (bicyclic) bond motifs is 1. The number of hydrogen-bond acceptors (Lipinski definition) is 7. The number of methoxy groups -OCH3 is 1. The summed E-state index contributed by atoms with van der Waals surface area (Å²) in [6.45, 7) is 9.07. The SMILES string of the molecule is COc1ccc(N2CCN(C(=O)CN3c4ccccc4NC4=C(C(=O)CC(C)(C)C4)C3c3ccc(C)o3)CC2)cc1. The summed E-state index contributed by atoms with van der Waals surface area (Å²) in [5.41, 5.74) is 4.37. The summed E-state index contributed by atoms with van der Waals surface area (Å²) in [5, 5.41) is 3.60. The van der Waals surface area contributed by atoms with Crippen molar-refractivity contribution in [3.8, 4) is 5.75 Å². The lowest BCUT2D eigenvalue weighted by Crippen LogP contribution is -2.52. The minimum atomic E-state index is -0.497. The number of amides is 1. The Hall–Kier alpha value is -4.20. The molecule has 1 saturated heterocycles. The molecule has 2 aromatic carbocycles. The Morgan fingerprint density at radius 3 is 2.41 bits per heavy atom. The third-order valence-electron chi connectivity index (χ3n) is 8.41. The van der Waals surface area contributed by atoms with Gasteiger partial charge in [0, 0.05) is 49.6 Å². The number of piperazine rings is 1. The first-order valence-corrected chi connectivity index (χ1v) is 14.3. The summed E-state index contributed by atoms with van der Waals surface area (Å²) in [5.74, 6) is 2.42. The second-order valence-electron chi connectivity index (χ2n) is 12.0. The number of rotatable bonds is 5. The molecular formula is C33H38N4O4. The van der Waals surface area contributed by atoms with Crippen LogP contribution in [0.2, 0.25) is 0 Å². The first-order valence-electron chi connectivity index (χ1n) is 14.3. The normalized spacial score (nSPS) is 20.2. The topological polar surface area (TPSA) is 78.3 Å². The number of furan rings is 1. The first-order chi connectivity index (χ1) is 19.7. The second kappa shape index (κ2) is 10.7. The van der Waals surface area contributed by atoms with E-state index in [2.05, 4.69) is 41.1 Å². The molecule has 3 heterocycles. The minimum absolute atomic E-state index is 0.0371. The van der Waals surface area contributed by atoms with E-state index in [0.717, 1.165) is 53.8 Å². The molecule has 6 rings (SSSR count). The number of aryl methyl sites for hydroxylation is 1. The van der Waals surface area contributed by atoms with Gasteiger partial charge in [-0.1, -0.05) is 26.0 Å². The molecule has 1 unspecified atom stereocenters. The smallest absolute Gasteiger partial charge is 0.242 e. The van der Waals surface area contributed by atoms with Crippen LogP contribution >= 0.6 is 0 Å². The van der Waals surface area contributed by atoms with Crippen molar-refractivity contribution in [3.63, 3.8) is 0 Å². The second-order valence-corrected chi connectivity index (χ2v) is 12.0. The van der Waals surface area contributed by atoms with Crippen molar-refractivity contribution in [3.05, 3.63) is 83.5 Å². The summed E-state index contributed by atoms with van der Waals surface area (Å²) in [6, 6.07) is 19.4. The van der Waals surface area contributed by atoms with Crippen LogP contribution in [0.15, 0.2) is 76.4 Å². The molecule has 1 atom stereocenters. The fourth-order valence-electron chi connectivity index (χ4n) is 6.38. The molecule has 1 N–H and O–H groups in total. The molecule has 1 aliphatic carbocycles. The van der Waals surface area contributed by atoms with Crippen LogP contribution in [0.1, 0.15) is 44.3 Å². The van der Waals surface area contributed by atoms with Gasteiger partial charge < -0.3 is 29.2 Å². The number of anilines is 3. The third-order valence-corrected chi connectivity index (χ3v) is 8.41. The van der Waals surface area contributed by atoms with Crippen molar-refractivity contribution in [2.75, 3.05) is 55.0 Å². The monoisotopic (exact) mass is 554 g/mol. The van der Waals surface area contributed by atoms with Gasteiger partial charge in [-0.25, -0.2) is 0 Å². The van der Waals surface area contributed by atoms with E-state index in [9.17, 15) is 9.59 Å². The van der Waals surface area contributed by atoms with Crippen LogP contribution in [0.25, 0.3) is 0 Å². The highest BCUT2D eigenvalue weighted by atomic mass is 16.5. The van der Waals surface area contributed by atoms with E-state index < -0.39 is 6.04 Å². The molecule has 0 bridgehead atoms. The van der Waals surface area contributed by atoms with Crippen molar-refractivity contribution in [2.45, 2.75) is 39.7 Å². The lowest BCUT2D eigenvalue weighted by molar-refractivity contribution is -0.130. The average molecular weight is 555 g/mol. The molecule has 214 valence electrons. The standard InChI is InChI=1S/C33H38N4O4/c1-22-9-14-29(41-22)32-31-26(19-33(2,3)20-28(31)38)34-25-7-5-6-8-27(25)37(32)21-30(39)36-17-15-35(16-18-36)23-10-12-24(40-4)13-11-23/h5-14,32,34H,15-21H2,1-4H3. The highest BCUT2D eigenvalue weighted by Crippen LogP contribution is 2.48. The predicted octanol–water partition coefficient (Wildman–Crippen LogP) is 5.56. The van der Waals surface area contributed by atoms with E-state index >= 15 is 0 Å². The Labute approximate surface area is 241 Å². The van der Waals surface area contributed by atoms with Gasteiger partial charge in [0.25, 0.3) is 0 Å². The van der Waals surface area contributed by atoms with Crippen molar-refractivity contribution in [1.29, 1.82) is 0 Å². The van der Waals surface area contributed by atoms with Gasteiger partial charge in [0.1, 0.15) is 23.3 Å². The van der Waals surface area contributed by atoms with Gasteiger partial charge in [0.2, 0.25) is 5.91 Å². The molecule has 3 aliphatic rings. The highest BCUT2D eigenvalue weighted by molar-refractivity contribution is 6.01. The fourth-order valence-corrected chi connectivity index (χ4v) is 6.38. The maximum Gasteiger partial charge on any atom is 0.242 e. The fraction of sp³-hybridized carbons (Fsp3) is 0.394. The zero-order valence-corrected chi connectivity index (χ0v) is 24.3. The number of ether oxygens (including phenoxy) is 1. The lowest BCUT2D eigenvalue weighted by atomic mass is 9.74. The summed E-state index contributed by atoms with van der Waals surface area (Å²) in [6.07, 6.45) is 1.20. The van der Waals surface area contributed by atoms with E-state index in [-0.39, 0.29) is 23.7 Å². The quantitative estimate of drug-likeness (QED) is 0.442. The number of para-hydroxylation sites is 2. The zero-order chi connectivity index (χ0) is 28.7. The Kier molecular flexibility index (Phi) is 7.01. The van der Waals surface area contributed by atoms with Crippen LogP contribution in [-0.4, -0.2) is 56.4 Å². The van der Waals surface area contributed by atoms with Gasteiger partial charge in [-0.05, 0) is 67.3 Å². The Bertz CT molecular complexity index is 1480. The van der Waals surface area contributed by atoms with Gasteiger partial charge in [0.05, 0.1) is 25.0 Å². The number of hydrogen-bond donors (Lipinski definition) is 1. The Balaban J connectivity index is 1.30. The van der Waals surface area contributed by atoms with E-state index in [1.165, 1.54) is 0 Å². The van der Waals surface area contributed by atoms with Crippen molar-refractivity contribution in [1.82, 2.24) is 4.90 Å². The van der Waals surface area contributed by atoms with Gasteiger partial charge in [-0.3, -0.25) is 9.59 Å². The highest BCUT2D eigenvalue weighted by Gasteiger charge is 2.43. The van der Waals surface area contributed by atoms with Crippen molar-refractivity contribution in [2.24, 2.45) is 5.41 Å². The molecule has 3 aromatic rings. The molecule has 8 heteroatoms. The summed E-state index contributed by atoms with van der Waals surface area (Å²) >= 11 is 0. The Morgan fingerprint density at radius 1 is 1.00 bits per heavy atom. The summed E-state index contributed by atoms with van der Waals surface area (Å²) in [4.78, 5) is 34.0. The van der Waals surface area contributed by atoms with Crippen molar-refractivity contribution >= 4 is 28.8 Å². The van der Waals surface area contributed by atoms with E-state index in [4.69, 9.17) is 9.15 Å². The van der Waals surface area contributed by atoms with E-state index in [0.29, 0.717) is 30.8 Å². The molecule has 0 spiro atoms. The van der Waals surface area contributed by atoms with E-state index in [1.807, 2.05) is 60.4 Å². The molecule has 8 nitrogen and oxygen atoms in total.